The maximum absolute atomic E-state index is 13.3. The van der Waals surface area contributed by atoms with Gasteiger partial charge in [-0.05, 0) is 56.9 Å². The van der Waals surface area contributed by atoms with Crippen molar-refractivity contribution in [3.05, 3.63) is 40.3 Å². The minimum absolute atomic E-state index is 0.0477. The van der Waals surface area contributed by atoms with Gasteiger partial charge in [-0.25, -0.2) is 4.79 Å². The van der Waals surface area contributed by atoms with E-state index in [4.69, 9.17) is 4.74 Å². The van der Waals surface area contributed by atoms with E-state index in [1.807, 2.05) is 38.1 Å². The molecule has 0 radical (unpaired) electrons. The molecule has 0 saturated heterocycles. The van der Waals surface area contributed by atoms with E-state index in [0.717, 1.165) is 47.3 Å². The SMILES string of the molecule is COC(=O)c1c(NC(=O)C2C3CCC(CC3)C2C(=O)O)sc(C)c1-c1ccc(C)cc1. The molecule has 3 saturated carbocycles. The van der Waals surface area contributed by atoms with Gasteiger partial charge in [0.05, 0.1) is 18.9 Å². The highest BCUT2D eigenvalue weighted by Crippen LogP contribution is 2.50. The highest BCUT2D eigenvalue weighted by Gasteiger charge is 2.50. The summed E-state index contributed by atoms with van der Waals surface area (Å²) in [4.78, 5) is 38.9. The fourth-order valence-electron chi connectivity index (χ4n) is 5.37. The molecule has 2 bridgehead atoms. The Balaban J connectivity index is 1.70. The Hall–Kier alpha value is -2.67. The zero-order valence-corrected chi connectivity index (χ0v) is 18.8. The van der Waals surface area contributed by atoms with E-state index in [0.29, 0.717) is 10.6 Å². The fourth-order valence-corrected chi connectivity index (χ4v) is 6.44. The van der Waals surface area contributed by atoms with Crippen LogP contribution in [-0.4, -0.2) is 30.1 Å². The van der Waals surface area contributed by atoms with Gasteiger partial charge >= 0.3 is 11.9 Å². The summed E-state index contributed by atoms with van der Waals surface area (Å²) in [6.45, 7) is 3.90. The first-order chi connectivity index (χ1) is 14.8. The smallest absolute Gasteiger partial charge is 0.341 e. The third kappa shape index (κ3) is 3.87. The van der Waals surface area contributed by atoms with Crippen molar-refractivity contribution in [3.63, 3.8) is 0 Å². The number of ether oxygens (including phenoxy) is 1. The van der Waals surface area contributed by atoms with E-state index in [2.05, 4.69) is 5.32 Å². The summed E-state index contributed by atoms with van der Waals surface area (Å²) in [5, 5.41) is 13.1. The summed E-state index contributed by atoms with van der Waals surface area (Å²) in [5.74, 6) is -2.83. The average molecular weight is 442 g/mol. The van der Waals surface area contributed by atoms with Crippen LogP contribution >= 0.6 is 11.3 Å². The number of esters is 1. The van der Waals surface area contributed by atoms with Crippen molar-refractivity contribution in [1.82, 2.24) is 0 Å². The lowest BCUT2D eigenvalue weighted by atomic mass is 9.58. The number of benzene rings is 1. The molecule has 164 valence electrons. The molecule has 3 aliphatic carbocycles. The van der Waals surface area contributed by atoms with E-state index in [1.54, 1.807) is 0 Å². The van der Waals surface area contributed by atoms with Gasteiger partial charge in [0.15, 0.2) is 0 Å². The van der Waals surface area contributed by atoms with Gasteiger partial charge in [-0.3, -0.25) is 9.59 Å². The number of carboxylic acid groups (broad SMARTS) is 1. The van der Waals surface area contributed by atoms with Crippen LogP contribution in [0.4, 0.5) is 5.00 Å². The molecule has 2 atom stereocenters. The number of fused-ring (bicyclic) bond motifs is 3. The van der Waals surface area contributed by atoms with E-state index in [9.17, 15) is 19.5 Å². The van der Waals surface area contributed by atoms with Gasteiger partial charge in [-0.1, -0.05) is 29.8 Å². The highest BCUT2D eigenvalue weighted by molar-refractivity contribution is 7.17. The number of carbonyl (C=O) groups excluding carboxylic acids is 2. The first kappa shape index (κ1) is 21.6. The topological polar surface area (TPSA) is 92.7 Å². The highest BCUT2D eigenvalue weighted by atomic mass is 32.1. The van der Waals surface area contributed by atoms with Crippen LogP contribution in [0.2, 0.25) is 0 Å². The minimum Gasteiger partial charge on any atom is -0.481 e. The normalized spacial score (nSPS) is 24.6. The van der Waals surface area contributed by atoms with Gasteiger partial charge in [-0.2, -0.15) is 0 Å². The van der Waals surface area contributed by atoms with Crippen LogP contribution in [0.25, 0.3) is 11.1 Å². The molecule has 31 heavy (non-hydrogen) atoms. The van der Waals surface area contributed by atoms with E-state index in [-0.39, 0.29) is 17.7 Å². The van der Waals surface area contributed by atoms with Gasteiger partial charge in [0.25, 0.3) is 0 Å². The minimum atomic E-state index is -0.898. The van der Waals surface area contributed by atoms with Gasteiger partial charge in [0, 0.05) is 10.4 Å². The zero-order chi connectivity index (χ0) is 22.3. The number of rotatable bonds is 5. The molecular weight excluding hydrogens is 414 g/mol. The predicted octanol–water partition coefficient (Wildman–Crippen LogP) is 4.89. The molecule has 7 heteroatoms. The molecule has 3 fully saturated rings. The predicted molar refractivity (Wildman–Crippen MR) is 119 cm³/mol. The Morgan fingerprint density at radius 1 is 1.00 bits per heavy atom. The standard InChI is InChI=1S/C24H27NO5S/c1-12-4-6-14(7-5-12)17-13(2)31-22(20(17)24(29)30-3)25-21(26)18-15-8-10-16(11-9-15)19(18)23(27)28/h4-7,15-16,18-19H,8-11H2,1-3H3,(H,25,26)(H,27,28). The van der Waals surface area contributed by atoms with Crippen molar-refractivity contribution in [2.24, 2.45) is 23.7 Å². The van der Waals surface area contributed by atoms with Crippen molar-refractivity contribution in [2.75, 3.05) is 12.4 Å². The van der Waals surface area contributed by atoms with Crippen LogP contribution in [0.1, 0.15) is 46.5 Å². The fraction of sp³-hybridized carbons (Fsp3) is 0.458. The van der Waals surface area contributed by atoms with E-state index < -0.39 is 23.8 Å². The number of carbonyl (C=O) groups is 3. The van der Waals surface area contributed by atoms with Crippen LogP contribution in [0.15, 0.2) is 24.3 Å². The van der Waals surface area contributed by atoms with Crippen molar-refractivity contribution >= 4 is 34.2 Å². The Bertz CT molecular complexity index is 1020. The summed E-state index contributed by atoms with van der Waals surface area (Å²) < 4.78 is 5.03. The van der Waals surface area contributed by atoms with Crippen molar-refractivity contribution < 1.29 is 24.2 Å². The van der Waals surface area contributed by atoms with Crippen LogP contribution < -0.4 is 5.32 Å². The summed E-state index contributed by atoms with van der Waals surface area (Å²) >= 11 is 1.33. The van der Waals surface area contributed by atoms with Crippen molar-refractivity contribution in [1.29, 1.82) is 0 Å². The summed E-state index contributed by atoms with van der Waals surface area (Å²) in [5.41, 5.74) is 3.05. The molecule has 5 rings (SSSR count). The number of thiophene rings is 1. The van der Waals surface area contributed by atoms with Crippen LogP contribution in [0.5, 0.6) is 0 Å². The summed E-state index contributed by atoms with van der Waals surface area (Å²) in [6.07, 6.45) is 3.51. The lowest BCUT2D eigenvalue weighted by Crippen LogP contribution is -2.49. The second-order valence-corrected chi connectivity index (χ2v) is 9.87. The Labute approximate surface area is 185 Å². The molecule has 0 spiro atoms. The second kappa shape index (κ2) is 8.46. The molecule has 6 nitrogen and oxygen atoms in total. The molecule has 2 N–H and O–H groups in total. The number of nitrogens with one attached hydrogen (secondary N) is 1. The number of carboxylic acids is 1. The zero-order valence-electron chi connectivity index (χ0n) is 17.9. The summed E-state index contributed by atoms with van der Waals surface area (Å²) in [6, 6.07) is 7.84. The molecular formula is C24H27NO5S. The number of hydrogen-bond acceptors (Lipinski definition) is 5. The van der Waals surface area contributed by atoms with Crippen molar-refractivity contribution in [3.8, 4) is 11.1 Å². The Morgan fingerprint density at radius 3 is 2.13 bits per heavy atom. The largest absolute Gasteiger partial charge is 0.481 e. The van der Waals surface area contributed by atoms with Gasteiger partial charge in [-0.15, -0.1) is 11.3 Å². The Morgan fingerprint density at radius 2 is 1.58 bits per heavy atom. The maximum atomic E-state index is 13.3. The second-order valence-electron chi connectivity index (χ2n) is 8.65. The van der Waals surface area contributed by atoms with Crippen LogP contribution in [0.3, 0.4) is 0 Å². The molecule has 1 aromatic carbocycles. The molecule has 2 aromatic rings. The third-order valence-electron chi connectivity index (χ3n) is 6.86. The molecule has 1 amide bonds. The van der Waals surface area contributed by atoms with Gasteiger partial charge in [0.2, 0.25) is 5.91 Å². The number of hydrogen-bond donors (Lipinski definition) is 2. The molecule has 1 heterocycles. The first-order valence-corrected chi connectivity index (χ1v) is 11.5. The number of anilines is 1. The molecule has 3 aliphatic rings. The average Bonchev–Trinajstić information content (AvgIpc) is 3.09. The number of amides is 1. The lowest BCUT2D eigenvalue weighted by molar-refractivity contribution is -0.156. The number of aryl methyl sites for hydroxylation is 2. The Kier molecular flexibility index (Phi) is 5.88. The number of aliphatic carboxylic acids is 1. The maximum Gasteiger partial charge on any atom is 0.341 e. The number of methoxy groups -OCH3 is 1. The van der Waals surface area contributed by atoms with Crippen molar-refractivity contribution in [2.45, 2.75) is 39.5 Å². The monoisotopic (exact) mass is 441 g/mol. The molecule has 2 unspecified atom stereocenters. The molecule has 0 aliphatic heterocycles. The van der Waals surface area contributed by atoms with Crippen LogP contribution in [0, 0.1) is 37.5 Å². The van der Waals surface area contributed by atoms with Gasteiger partial charge < -0.3 is 15.2 Å². The van der Waals surface area contributed by atoms with E-state index in [1.165, 1.54) is 18.4 Å². The summed E-state index contributed by atoms with van der Waals surface area (Å²) in [7, 11) is 1.32. The van der Waals surface area contributed by atoms with Crippen LogP contribution in [-0.2, 0) is 14.3 Å². The lowest BCUT2D eigenvalue weighted by Gasteiger charge is -2.45. The first-order valence-electron chi connectivity index (χ1n) is 10.6. The quantitative estimate of drug-likeness (QED) is 0.644. The van der Waals surface area contributed by atoms with Gasteiger partial charge in [0.1, 0.15) is 10.6 Å². The van der Waals surface area contributed by atoms with E-state index >= 15 is 0 Å². The molecule has 1 aromatic heterocycles. The third-order valence-corrected chi connectivity index (χ3v) is 7.88.